The number of anilines is 1. The van der Waals surface area contributed by atoms with Gasteiger partial charge in [0.05, 0.1) is 0 Å². The number of nitrogens with two attached hydrogens (primary N) is 1. The first-order valence-electron chi connectivity index (χ1n) is 9.19. The van der Waals surface area contributed by atoms with E-state index >= 15 is 0 Å². The van der Waals surface area contributed by atoms with Gasteiger partial charge in [-0.3, -0.25) is 4.68 Å². The van der Waals surface area contributed by atoms with Gasteiger partial charge in [-0.2, -0.15) is 5.10 Å². The van der Waals surface area contributed by atoms with E-state index in [1.54, 1.807) is 11.6 Å². The molecular weight excluding hydrogens is 338 g/mol. The molecule has 1 unspecified atom stereocenters. The van der Waals surface area contributed by atoms with Crippen LogP contribution in [0.3, 0.4) is 0 Å². The average molecular weight is 367 g/mol. The fourth-order valence-corrected chi connectivity index (χ4v) is 3.31. The van der Waals surface area contributed by atoms with Crippen molar-refractivity contribution in [3.63, 3.8) is 0 Å². The summed E-state index contributed by atoms with van der Waals surface area (Å²) in [6.07, 6.45) is 5.08. The van der Waals surface area contributed by atoms with E-state index in [9.17, 15) is 5.11 Å². The number of benzene rings is 1. The molecule has 0 fully saturated rings. The molecule has 3 rings (SSSR count). The number of hydrogen-bond donors (Lipinski definition) is 3. The van der Waals surface area contributed by atoms with E-state index in [0.29, 0.717) is 18.1 Å². The number of nitrogen functional groups attached to an aromatic ring is 1. The second-order valence-electron chi connectivity index (χ2n) is 8.74. The highest BCUT2D eigenvalue weighted by Crippen LogP contribution is 2.28. The Balaban J connectivity index is 1.75. The van der Waals surface area contributed by atoms with Gasteiger partial charge in [0.15, 0.2) is 5.82 Å². The average Bonchev–Trinajstić information content (AvgIpc) is 3.13. The van der Waals surface area contributed by atoms with Crippen molar-refractivity contribution < 1.29 is 5.11 Å². The van der Waals surface area contributed by atoms with Gasteiger partial charge in [0.2, 0.25) is 0 Å². The highest BCUT2D eigenvalue weighted by Gasteiger charge is 2.27. The lowest BCUT2D eigenvalue weighted by Gasteiger charge is -2.21. The summed E-state index contributed by atoms with van der Waals surface area (Å²) in [7, 11) is 1.85. The van der Waals surface area contributed by atoms with Crippen LogP contribution in [0.25, 0.3) is 11.1 Å². The van der Waals surface area contributed by atoms with Gasteiger partial charge in [0.1, 0.15) is 11.4 Å². The van der Waals surface area contributed by atoms with Crippen LogP contribution >= 0.6 is 0 Å². The molecule has 0 radical (unpaired) electrons. The monoisotopic (exact) mass is 367 g/mol. The largest absolute Gasteiger partial charge is 0.382 e. The maximum absolute atomic E-state index is 11.0. The minimum absolute atomic E-state index is 0.166. The Hall–Kier alpha value is -2.60. The molecular formula is C21H29N5O. The first kappa shape index (κ1) is 19.2. The third-order valence-electron chi connectivity index (χ3n) is 4.53. The second kappa shape index (κ2) is 6.85. The Morgan fingerprint density at radius 3 is 2.33 bits per heavy atom. The van der Waals surface area contributed by atoms with Crippen LogP contribution in [0.4, 0.5) is 5.82 Å². The van der Waals surface area contributed by atoms with Crippen LogP contribution < -0.4 is 5.73 Å². The second-order valence-corrected chi connectivity index (χ2v) is 8.74. The molecule has 0 saturated heterocycles. The first-order valence-corrected chi connectivity index (χ1v) is 9.19. The van der Waals surface area contributed by atoms with Crippen molar-refractivity contribution in [3.8, 4) is 11.1 Å². The molecule has 0 aliphatic heterocycles. The first-order chi connectivity index (χ1) is 12.5. The highest BCUT2D eigenvalue weighted by molar-refractivity contribution is 5.73. The van der Waals surface area contributed by atoms with Crippen molar-refractivity contribution in [2.24, 2.45) is 12.5 Å². The molecule has 6 nitrogen and oxygen atoms in total. The topological polar surface area (TPSA) is 92.8 Å². The van der Waals surface area contributed by atoms with Crippen LogP contribution in [0.5, 0.6) is 0 Å². The Morgan fingerprint density at radius 2 is 1.78 bits per heavy atom. The fraction of sp³-hybridized carbons (Fsp3) is 0.429. The summed E-state index contributed by atoms with van der Waals surface area (Å²) in [6.45, 7) is 8.34. The van der Waals surface area contributed by atoms with Gasteiger partial charge in [-0.05, 0) is 29.9 Å². The van der Waals surface area contributed by atoms with Crippen molar-refractivity contribution >= 4 is 5.82 Å². The molecule has 0 aliphatic carbocycles. The highest BCUT2D eigenvalue weighted by atomic mass is 16.3. The smallest absolute Gasteiger partial charge is 0.153 e. The maximum Gasteiger partial charge on any atom is 0.153 e. The van der Waals surface area contributed by atoms with Crippen molar-refractivity contribution in [1.29, 1.82) is 0 Å². The molecule has 0 amide bonds. The molecule has 2 heterocycles. The summed E-state index contributed by atoms with van der Waals surface area (Å²) < 4.78 is 1.70. The van der Waals surface area contributed by atoms with E-state index in [1.807, 2.05) is 43.7 Å². The van der Waals surface area contributed by atoms with E-state index in [4.69, 9.17) is 5.73 Å². The number of aromatic amines is 1. The summed E-state index contributed by atoms with van der Waals surface area (Å²) in [5.41, 5.74) is 9.04. The van der Waals surface area contributed by atoms with Crippen molar-refractivity contribution in [2.45, 2.75) is 46.1 Å². The number of aliphatic hydroxyl groups is 1. The van der Waals surface area contributed by atoms with Gasteiger partial charge in [0, 0.05) is 37.1 Å². The zero-order valence-electron chi connectivity index (χ0n) is 16.7. The number of imidazole rings is 1. The summed E-state index contributed by atoms with van der Waals surface area (Å²) in [6, 6.07) is 8.03. The summed E-state index contributed by atoms with van der Waals surface area (Å²) in [5.74, 6) is 1.11. The zero-order valence-corrected chi connectivity index (χ0v) is 16.7. The Kier molecular flexibility index (Phi) is 4.86. The van der Waals surface area contributed by atoms with Crippen molar-refractivity contribution in [2.75, 3.05) is 5.73 Å². The quantitative estimate of drug-likeness (QED) is 0.644. The number of nitrogens with one attached hydrogen (secondary N) is 1. The molecule has 3 aromatic rings. The lowest BCUT2D eigenvalue weighted by molar-refractivity contribution is 0.0488. The van der Waals surface area contributed by atoms with Gasteiger partial charge in [-0.1, -0.05) is 45.0 Å². The van der Waals surface area contributed by atoms with Gasteiger partial charge < -0.3 is 15.8 Å². The van der Waals surface area contributed by atoms with Crippen LogP contribution in [0.15, 0.2) is 36.7 Å². The molecule has 144 valence electrons. The molecule has 0 spiro atoms. The molecule has 6 heteroatoms. The van der Waals surface area contributed by atoms with E-state index < -0.39 is 5.60 Å². The molecule has 2 aromatic heterocycles. The fourth-order valence-electron chi connectivity index (χ4n) is 3.31. The van der Waals surface area contributed by atoms with E-state index in [2.05, 4.69) is 35.8 Å². The summed E-state index contributed by atoms with van der Waals surface area (Å²) in [5, 5.41) is 15.1. The Bertz CT molecular complexity index is 913. The van der Waals surface area contributed by atoms with Gasteiger partial charge in [0.25, 0.3) is 0 Å². The van der Waals surface area contributed by atoms with E-state index in [0.717, 1.165) is 28.8 Å². The predicted molar refractivity (Wildman–Crippen MR) is 108 cm³/mol. The summed E-state index contributed by atoms with van der Waals surface area (Å²) in [4.78, 5) is 7.70. The van der Waals surface area contributed by atoms with E-state index in [1.165, 1.54) is 0 Å². The predicted octanol–water partition coefficient (Wildman–Crippen LogP) is 3.43. The van der Waals surface area contributed by atoms with Crippen LogP contribution in [0.2, 0.25) is 0 Å². The third-order valence-corrected chi connectivity index (χ3v) is 4.53. The van der Waals surface area contributed by atoms with Crippen LogP contribution in [-0.2, 0) is 25.5 Å². The van der Waals surface area contributed by atoms with Gasteiger partial charge in [-0.15, -0.1) is 0 Å². The Morgan fingerprint density at radius 1 is 1.11 bits per heavy atom. The number of H-pyrrole nitrogens is 1. The molecule has 4 N–H and O–H groups in total. The minimum Gasteiger partial charge on any atom is -0.382 e. The number of aryl methyl sites for hydroxylation is 1. The van der Waals surface area contributed by atoms with Crippen LogP contribution in [-0.4, -0.2) is 24.9 Å². The molecule has 27 heavy (non-hydrogen) atoms. The molecule has 0 bridgehead atoms. The number of hydrogen-bond acceptors (Lipinski definition) is 4. The Labute approximate surface area is 160 Å². The number of nitrogens with zero attached hydrogens (tertiary/aromatic N) is 3. The van der Waals surface area contributed by atoms with E-state index in [-0.39, 0.29) is 5.41 Å². The zero-order chi connectivity index (χ0) is 19.8. The molecule has 1 atom stereocenters. The maximum atomic E-state index is 11.0. The van der Waals surface area contributed by atoms with Gasteiger partial charge >= 0.3 is 0 Å². The molecule has 0 aliphatic rings. The molecule has 0 saturated carbocycles. The van der Waals surface area contributed by atoms with Crippen LogP contribution in [0.1, 0.15) is 44.8 Å². The van der Waals surface area contributed by atoms with Crippen molar-refractivity contribution in [1.82, 2.24) is 19.7 Å². The number of rotatable bonds is 5. The van der Waals surface area contributed by atoms with Crippen molar-refractivity contribution in [3.05, 3.63) is 53.7 Å². The van der Waals surface area contributed by atoms with Crippen LogP contribution in [0, 0.1) is 5.41 Å². The third kappa shape index (κ3) is 4.57. The summed E-state index contributed by atoms with van der Waals surface area (Å²) >= 11 is 0. The lowest BCUT2D eigenvalue weighted by Crippen LogP contribution is -2.26. The number of aromatic nitrogens is 4. The standard InChI is InChI=1S/C21H29N5O/c1-20(2,3)11-16-12-23-19(24-16)21(4,27)10-14-6-8-15(9-7-14)17-13-26(5)25-18(17)22/h6-9,12-13,27H,10-11H2,1-5H3,(H2,22,25)(H,23,24). The lowest BCUT2D eigenvalue weighted by atomic mass is 9.91. The minimum atomic E-state index is -1.06. The van der Waals surface area contributed by atoms with Gasteiger partial charge in [-0.25, -0.2) is 4.98 Å². The SMILES string of the molecule is Cn1cc(-c2ccc(CC(C)(O)c3ncc(CC(C)(C)C)[nH]3)cc2)c(N)n1. The normalized spacial score (nSPS) is 14.3. The molecule has 1 aromatic carbocycles.